The van der Waals surface area contributed by atoms with E-state index in [9.17, 15) is 0 Å². The second-order valence-electron chi connectivity index (χ2n) is 4.90. The molecule has 2 aromatic rings. The number of rotatable bonds is 5. The first-order chi connectivity index (χ1) is 9.51. The standard InChI is InChI=1S/C13H20N6S/c1-7(2)11-17-12(8(3)13(18-11)19-14)16-6-10-5-15-9(4)20-10/h5,7H,6,14H2,1-4H3,(H2,16,17,18,19). The second kappa shape index (κ2) is 6.15. The minimum Gasteiger partial charge on any atom is -0.365 e. The van der Waals surface area contributed by atoms with E-state index < -0.39 is 0 Å². The average molecular weight is 292 g/mol. The number of nitrogens with zero attached hydrogens (tertiary/aromatic N) is 3. The molecule has 2 rings (SSSR count). The number of thiazole rings is 1. The summed E-state index contributed by atoms with van der Waals surface area (Å²) >= 11 is 1.68. The summed E-state index contributed by atoms with van der Waals surface area (Å²) in [7, 11) is 0. The topological polar surface area (TPSA) is 88.8 Å². The fraction of sp³-hybridized carbons (Fsp3) is 0.462. The van der Waals surface area contributed by atoms with Crippen LogP contribution in [0.2, 0.25) is 0 Å². The molecule has 0 atom stereocenters. The lowest BCUT2D eigenvalue weighted by Gasteiger charge is -2.14. The maximum absolute atomic E-state index is 5.52. The molecule has 20 heavy (non-hydrogen) atoms. The van der Waals surface area contributed by atoms with Crippen LogP contribution in [0, 0.1) is 13.8 Å². The van der Waals surface area contributed by atoms with Crippen LogP contribution in [0.1, 0.15) is 41.0 Å². The van der Waals surface area contributed by atoms with Crippen LogP contribution in [0.15, 0.2) is 6.20 Å². The summed E-state index contributed by atoms with van der Waals surface area (Å²) in [5.74, 6) is 8.00. The highest BCUT2D eigenvalue weighted by molar-refractivity contribution is 7.11. The number of hydrazine groups is 1. The highest BCUT2D eigenvalue weighted by Crippen LogP contribution is 2.23. The first-order valence-corrected chi connectivity index (χ1v) is 7.33. The van der Waals surface area contributed by atoms with Crippen LogP contribution in [0.5, 0.6) is 0 Å². The molecule has 0 unspecified atom stereocenters. The molecule has 0 bridgehead atoms. The number of aromatic nitrogens is 3. The van der Waals surface area contributed by atoms with E-state index >= 15 is 0 Å². The Morgan fingerprint density at radius 3 is 2.50 bits per heavy atom. The Balaban J connectivity index is 2.23. The van der Waals surface area contributed by atoms with Gasteiger partial charge in [-0.05, 0) is 13.8 Å². The number of anilines is 2. The molecule has 4 N–H and O–H groups in total. The van der Waals surface area contributed by atoms with Crippen molar-refractivity contribution in [2.45, 2.75) is 40.2 Å². The zero-order chi connectivity index (χ0) is 14.7. The first kappa shape index (κ1) is 14.7. The first-order valence-electron chi connectivity index (χ1n) is 6.51. The minimum absolute atomic E-state index is 0.244. The van der Waals surface area contributed by atoms with Gasteiger partial charge in [0.2, 0.25) is 0 Å². The molecular formula is C13H20N6S. The van der Waals surface area contributed by atoms with E-state index in [2.05, 4.69) is 39.5 Å². The molecule has 0 aliphatic heterocycles. The maximum Gasteiger partial charge on any atom is 0.148 e. The number of hydrogen-bond acceptors (Lipinski definition) is 7. The largest absolute Gasteiger partial charge is 0.365 e. The summed E-state index contributed by atoms with van der Waals surface area (Å²) in [4.78, 5) is 14.4. The number of aryl methyl sites for hydroxylation is 1. The number of nitrogen functional groups attached to an aromatic ring is 1. The van der Waals surface area contributed by atoms with E-state index in [4.69, 9.17) is 5.84 Å². The second-order valence-corrected chi connectivity index (χ2v) is 6.22. The minimum atomic E-state index is 0.244. The lowest BCUT2D eigenvalue weighted by atomic mass is 10.2. The number of nitrogens with two attached hydrogens (primary N) is 1. The summed E-state index contributed by atoms with van der Waals surface area (Å²) in [5.41, 5.74) is 3.55. The van der Waals surface area contributed by atoms with E-state index in [0.29, 0.717) is 12.4 Å². The van der Waals surface area contributed by atoms with Gasteiger partial charge in [-0.3, -0.25) is 0 Å². The van der Waals surface area contributed by atoms with Gasteiger partial charge >= 0.3 is 0 Å². The normalized spacial score (nSPS) is 10.9. The molecule has 0 saturated carbocycles. The molecule has 0 aromatic carbocycles. The van der Waals surface area contributed by atoms with Crippen molar-refractivity contribution in [2.24, 2.45) is 5.84 Å². The zero-order valence-electron chi connectivity index (χ0n) is 12.2. The van der Waals surface area contributed by atoms with Crippen LogP contribution in [0.3, 0.4) is 0 Å². The molecule has 0 saturated heterocycles. The monoisotopic (exact) mass is 292 g/mol. The van der Waals surface area contributed by atoms with E-state index in [1.807, 2.05) is 20.0 Å². The summed E-state index contributed by atoms with van der Waals surface area (Å²) in [5, 5.41) is 4.40. The van der Waals surface area contributed by atoms with Crippen molar-refractivity contribution in [3.63, 3.8) is 0 Å². The highest BCUT2D eigenvalue weighted by Gasteiger charge is 2.12. The smallest absolute Gasteiger partial charge is 0.148 e. The molecule has 0 radical (unpaired) electrons. The Labute approximate surface area is 122 Å². The summed E-state index contributed by atoms with van der Waals surface area (Å²) < 4.78 is 0. The third kappa shape index (κ3) is 3.23. The molecular weight excluding hydrogens is 272 g/mol. The fourth-order valence-electron chi connectivity index (χ4n) is 1.76. The molecule has 2 heterocycles. The van der Waals surface area contributed by atoms with Crippen molar-refractivity contribution < 1.29 is 0 Å². The molecule has 6 nitrogen and oxygen atoms in total. The van der Waals surface area contributed by atoms with Crippen LogP contribution < -0.4 is 16.6 Å². The summed E-state index contributed by atoms with van der Waals surface area (Å²) in [6.45, 7) is 8.75. The van der Waals surface area contributed by atoms with Crippen molar-refractivity contribution in [1.82, 2.24) is 15.0 Å². The van der Waals surface area contributed by atoms with Crippen molar-refractivity contribution in [3.05, 3.63) is 27.5 Å². The molecule has 0 aliphatic rings. The van der Waals surface area contributed by atoms with Gasteiger partial charge in [-0.15, -0.1) is 11.3 Å². The van der Waals surface area contributed by atoms with Crippen molar-refractivity contribution in [1.29, 1.82) is 0 Å². The van der Waals surface area contributed by atoms with Crippen LogP contribution >= 0.6 is 11.3 Å². The third-order valence-corrected chi connectivity index (χ3v) is 3.83. The number of hydrogen-bond donors (Lipinski definition) is 3. The van der Waals surface area contributed by atoms with Gasteiger partial charge in [0.1, 0.15) is 17.5 Å². The van der Waals surface area contributed by atoms with Gasteiger partial charge < -0.3 is 10.7 Å². The van der Waals surface area contributed by atoms with E-state index in [1.165, 1.54) is 4.88 Å². The summed E-state index contributed by atoms with van der Waals surface area (Å²) in [6.07, 6.45) is 1.88. The molecule has 2 aromatic heterocycles. The Bertz CT molecular complexity index is 593. The SMILES string of the molecule is Cc1ncc(CNc2nc(C(C)C)nc(NN)c2C)s1. The zero-order valence-corrected chi connectivity index (χ0v) is 13.0. The molecule has 0 aliphatic carbocycles. The van der Waals surface area contributed by atoms with Crippen LogP contribution in [0.4, 0.5) is 11.6 Å². The Morgan fingerprint density at radius 2 is 1.95 bits per heavy atom. The van der Waals surface area contributed by atoms with Gasteiger partial charge in [0.25, 0.3) is 0 Å². The predicted octanol–water partition coefficient (Wildman–Crippen LogP) is 2.57. The predicted molar refractivity (Wildman–Crippen MR) is 82.8 cm³/mol. The lowest BCUT2D eigenvalue weighted by molar-refractivity contribution is 0.772. The Morgan fingerprint density at radius 1 is 1.25 bits per heavy atom. The van der Waals surface area contributed by atoms with Crippen molar-refractivity contribution >= 4 is 23.0 Å². The van der Waals surface area contributed by atoms with Gasteiger partial charge in [0.15, 0.2) is 0 Å². The average Bonchev–Trinajstić information content (AvgIpc) is 2.83. The molecule has 0 spiro atoms. The van der Waals surface area contributed by atoms with Crippen LogP contribution in [-0.2, 0) is 6.54 Å². The van der Waals surface area contributed by atoms with Gasteiger partial charge in [-0.1, -0.05) is 13.8 Å². The number of nitrogens with one attached hydrogen (secondary N) is 2. The summed E-state index contributed by atoms with van der Waals surface area (Å²) in [6, 6.07) is 0. The Hall–Kier alpha value is -1.73. The molecule has 0 amide bonds. The van der Waals surface area contributed by atoms with Crippen LogP contribution in [-0.4, -0.2) is 15.0 Å². The van der Waals surface area contributed by atoms with E-state index in [0.717, 1.165) is 22.2 Å². The van der Waals surface area contributed by atoms with Gasteiger partial charge in [0, 0.05) is 22.6 Å². The quantitative estimate of drug-likeness (QED) is 0.580. The molecule has 0 fully saturated rings. The fourth-order valence-corrected chi connectivity index (χ4v) is 2.50. The van der Waals surface area contributed by atoms with Crippen molar-refractivity contribution in [3.8, 4) is 0 Å². The van der Waals surface area contributed by atoms with Gasteiger partial charge in [0.05, 0.1) is 11.6 Å². The van der Waals surface area contributed by atoms with Crippen molar-refractivity contribution in [2.75, 3.05) is 10.7 Å². The van der Waals surface area contributed by atoms with Gasteiger partial charge in [-0.2, -0.15) is 0 Å². The third-order valence-electron chi connectivity index (χ3n) is 2.92. The molecule has 7 heteroatoms. The van der Waals surface area contributed by atoms with E-state index in [-0.39, 0.29) is 5.92 Å². The Kier molecular flexibility index (Phi) is 4.51. The van der Waals surface area contributed by atoms with Crippen LogP contribution in [0.25, 0.3) is 0 Å². The highest BCUT2D eigenvalue weighted by atomic mass is 32.1. The lowest BCUT2D eigenvalue weighted by Crippen LogP contribution is -2.15. The van der Waals surface area contributed by atoms with Gasteiger partial charge in [-0.25, -0.2) is 20.8 Å². The van der Waals surface area contributed by atoms with E-state index in [1.54, 1.807) is 11.3 Å². The molecule has 108 valence electrons. The maximum atomic E-state index is 5.52.